The van der Waals surface area contributed by atoms with Gasteiger partial charge in [-0.3, -0.25) is 14.5 Å². The van der Waals surface area contributed by atoms with Crippen molar-refractivity contribution in [2.45, 2.75) is 51.5 Å². The number of carboxylic acid groups (broad SMARTS) is 1. The van der Waals surface area contributed by atoms with Crippen LogP contribution < -0.4 is 5.32 Å². The molecule has 5 nitrogen and oxygen atoms in total. The number of amides is 1. The van der Waals surface area contributed by atoms with E-state index in [1.807, 2.05) is 13.8 Å². The van der Waals surface area contributed by atoms with Crippen LogP contribution in [0.15, 0.2) is 0 Å². The van der Waals surface area contributed by atoms with Crippen molar-refractivity contribution in [1.82, 2.24) is 10.2 Å². The molecule has 2 N–H and O–H groups in total. The molecule has 0 aromatic carbocycles. The van der Waals surface area contributed by atoms with Crippen molar-refractivity contribution in [1.29, 1.82) is 0 Å². The van der Waals surface area contributed by atoms with E-state index in [1.54, 1.807) is 0 Å². The fourth-order valence-electron chi connectivity index (χ4n) is 2.80. The third kappa shape index (κ3) is 5.39. The summed E-state index contributed by atoms with van der Waals surface area (Å²) in [6, 6.07) is 0. The van der Waals surface area contributed by atoms with E-state index in [0.29, 0.717) is 31.7 Å². The van der Waals surface area contributed by atoms with Gasteiger partial charge in [-0.15, -0.1) is 6.42 Å². The summed E-state index contributed by atoms with van der Waals surface area (Å²) < 4.78 is 0. The van der Waals surface area contributed by atoms with Gasteiger partial charge in [0.2, 0.25) is 5.91 Å². The minimum Gasteiger partial charge on any atom is -0.481 e. The van der Waals surface area contributed by atoms with Gasteiger partial charge in [-0.05, 0) is 38.1 Å². The molecule has 0 aromatic heterocycles. The zero-order valence-electron chi connectivity index (χ0n) is 13.0. The largest absolute Gasteiger partial charge is 0.481 e. The molecular weight excluding hydrogens is 268 g/mol. The van der Waals surface area contributed by atoms with Gasteiger partial charge in [0.15, 0.2) is 0 Å². The number of hydrogen-bond acceptors (Lipinski definition) is 3. The van der Waals surface area contributed by atoms with Gasteiger partial charge in [0.25, 0.3) is 0 Å². The molecule has 0 radical (unpaired) electrons. The lowest BCUT2D eigenvalue weighted by Gasteiger charge is -2.28. The number of likely N-dealkylation sites (tertiary alicyclic amines) is 1. The molecule has 1 saturated heterocycles. The number of hydrogen-bond donors (Lipinski definition) is 2. The Morgan fingerprint density at radius 1 is 1.43 bits per heavy atom. The third-order valence-electron chi connectivity index (χ3n) is 4.37. The number of nitrogens with one attached hydrogen (secondary N) is 1. The molecule has 1 fully saturated rings. The van der Waals surface area contributed by atoms with E-state index in [4.69, 9.17) is 11.5 Å². The Morgan fingerprint density at radius 2 is 2.10 bits per heavy atom. The number of carbonyl (C=O) groups is 2. The van der Waals surface area contributed by atoms with Crippen molar-refractivity contribution in [2.24, 2.45) is 5.92 Å². The first-order valence-electron chi connectivity index (χ1n) is 7.67. The summed E-state index contributed by atoms with van der Waals surface area (Å²) in [5.74, 6) is 2.28. The van der Waals surface area contributed by atoms with Gasteiger partial charge in [0, 0.05) is 13.0 Å². The summed E-state index contributed by atoms with van der Waals surface area (Å²) in [4.78, 5) is 24.8. The third-order valence-corrected chi connectivity index (χ3v) is 4.37. The first kappa shape index (κ1) is 17.5. The molecule has 1 rings (SSSR count). The van der Waals surface area contributed by atoms with Crippen LogP contribution >= 0.6 is 0 Å². The van der Waals surface area contributed by atoms with E-state index >= 15 is 0 Å². The Morgan fingerprint density at radius 3 is 2.62 bits per heavy atom. The zero-order valence-corrected chi connectivity index (χ0v) is 13.0. The molecular formula is C16H26N2O3. The lowest BCUT2D eigenvalue weighted by Crippen LogP contribution is -2.49. The van der Waals surface area contributed by atoms with Crippen molar-refractivity contribution in [3.8, 4) is 12.3 Å². The van der Waals surface area contributed by atoms with Crippen LogP contribution in [0.5, 0.6) is 0 Å². The van der Waals surface area contributed by atoms with Crippen LogP contribution in [0.1, 0.15) is 46.0 Å². The van der Waals surface area contributed by atoms with E-state index in [2.05, 4.69) is 16.1 Å². The molecule has 1 atom stereocenters. The quantitative estimate of drug-likeness (QED) is 0.665. The Kier molecular flexibility index (Phi) is 6.70. The maximum absolute atomic E-state index is 12.1. The van der Waals surface area contributed by atoms with Gasteiger partial charge in [0.1, 0.15) is 5.54 Å². The van der Waals surface area contributed by atoms with Crippen molar-refractivity contribution >= 4 is 11.9 Å². The number of terminal acetylenes is 1. The summed E-state index contributed by atoms with van der Waals surface area (Å²) in [5.41, 5.74) is -0.542. The Bertz CT molecular complexity index is 410. The van der Waals surface area contributed by atoms with Gasteiger partial charge in [-0.1, -0.05) is 19.8 Å². The van der Waals surface area contributed by atoms with Crippen molar-refractivity contribution < 1.29 is 14.7 Å². The second-order valence-electron chi connectivity index (χ2n) is 5.80. The van der Waals surface area contributed by atoms with Gasteiger partial charge >= 0.3 is 5.97 Å². The maximum Gasteiger partial charge on any atom is 0.303 e. The Hall–Kier alpha value is -1.54. The van der Waals surface area contributed by atoms with Crippen molar-refractivity contribution in [3.05, 3.63) is 0 Å². The Labute approximate surface area is 127 Å². The molecule has 1 amide bonds. The molecule has 1 aliphatic heterocycles. The average molecular weight is 294 g/mol. The van der Waals surface area contributed by atoms with Crippen LogP contribution in [0.25, 0.3) is 0 Å². The number of carboxylic acids is 1. The molecule has 0 aliphatic carbocycles. The normalized spacial score (nSPS) is 19.2. The number of aliphatic carboxylic acids is 1. The highest BCUT2D eigenvalue weighted by Gasteiger charge is 2.28. The van der Waals surface area contributed by atoms with Gasteiger partial charge in [0.05, 0.1) is 6.54 Å². The SMILES string of the molecule is C#CC(CC)(CC)NC(=O)CN1CCC(CCC(=O)O)C1. The van der Waals surface area contributed by atoms with E-state index in [-0.39, 0.29) is 12.3 Å². The monoisotopic (exact) mass is 294 g/mol. The zero-order chi connectivity index (χ0) is 15.9. The van der Waals surface area contributed by atoms with Crippen LogP contribution in [0.3, 0.4) is 0 Å². The fraction of sp³-hybridized carbons (Fsp3) is 0.750. The van der Waals surface area contributed by atoms with Crippen LogP contribution in [0.2, 0.25) is 0 Å². The highest BCUT2D eigenvalue weighted by Crippen LogP contribution is 2.21. The minimum absolute atomic E-state index is 0.0458. The lowest BCUT2D eigenvalue weighted by molar-refractivity contribution is -0.137. The summed E-state index contributed by atoms with van der Waals surface area (Å²) >= 11 is 0. The van der Waals surface area contributed by atoms with Crippen LogP contribution in [0, 0.1) is 18.3 Å². The standard InChI is InChI=1S/C16H26N2O3/c1-4-16(5-2,6-3)17-14(19)12-18-10-9-13(11-18)7-8-15(20)21/h1,13H,5-12H2,2-3H3,(H,17,19)(H,20,21). The highest BCUT2D eigenvalue weighted by molar-refractivity contribution is 5.79. The van der Waals surface area contributed by atoms with Crippen molar-refractivity contribution in [2.75, 3.05) is 19.6 Å². The summed E-state index contributed by atoms with van der Waals surface area (Å²) in [6.07, 6.45) is 8.82. The van der Waals surface area contributed by atoms with Gasteiger partial charge < -0.3 is 10.4 Å². The summed E-state index contributed by atoms with van der Waals surface area (Å²) in [6.45, 7) is 5.93. The average Bonchev–Trinajstić information content (AvgIpc) is 2.90. The predicted molar refractivity (Wildman–Crippen MR) is 81.7 cm³/mol. The molecule has 21 heavy (non-hydrogen) atoms. The number of nitrogens with zero attached hydrogens (tertiary/aromatic N) is 1. The molecule has 1 heterocycles. The molecule has 0 aromatic rings. The molecule has 0 saturated carbocycles. The smallest absolute Gasteiger partial charge is 0.303 e. The number of rotatable bonds is 8. The highest BCUT2D eigenvalue weighted by atomic mass is 16.4. The summed E-state index contributed by atoms with van der Waals surface area (Å²) in [5, 5.41) is 11.7. The second-order valence-corrected chi connectivity index (χ2v) is 5.80. The van der Waals surface area contributed by atoms with E-state index in [0.717, 1.165) is 19.5 Å². The van der Waals surface area contributed by atoms with Crippen LogP contribution in [-0.2, 0) is 9.59 Å². The predicted octanol–water partition coefficient (Wildman–Crippen LogP) is 1.48. The first-order valence-corrected chi connectivity index (χ1v) is 7.67. The molecule has 5 heteroatoms. The van der Waals surface area contributed by atoms with Crippen LogP contribution in [-0.4, -0.2) is 47.1 Å². The lowest BCUT2D eigenvalue weighted by atomic mass is 9.94. The molecule has 118 valence electrons. The molecule has 1 aliphatic rings. The fourth-order valence-corrected chi connectivity index (χ4v) is 2.80. The van der Waals surface area contributed by atoms with Crippen LogP contribution in [0.4, 0.5) is 0 Å². The van der Waals surface area contributed by atoms with Gasteiger partial charge in [-0.2, -0.15) is 0 Å². The van der Waals surface area contributed by atoms with E-state index < -0.39 is 11.5 Å². The van der Waals surface area contributed by atoms with E-state index in [9.17, 15) is 9.59 Å². The Balaban J connectivity index is 2.39. The molecule has 0 bridgehead atoms. The maximum atomic E-state index is 12.1. The topological polar surface area (TPSA) is 69.6 Å². The summed E-state index contributed by atoms with van der Waals surface area (Å²) in [7, 11) is 0. The molecule has 0 spiro atoms. The van der Waals surface area contributed by atoms with Crippen molar-refractivity contribution in [3.63, 3.8) is 0 Å². The molecule has 1 unspecified atom stereocenters. The second kappa shape index (κ2) is 8.04. The first-order chi connectivity index (χ1) is 9.94. The van der Waals surface area contributed by atoms with E-state index in [1.165, 1.54) is 0 Å². The number of carbonyl (C=O) groups excluding carboxylic acids is 1. The minimum atomic E-state index is -0.754. The van der Waals surface area contributed by atoms with Gasteiger partial charge in [-0.25, -0.2) is 0 Å².